The molecule has 0 spiro atoms. The Balaban J connectivity index is 1.19. The number of carbonyl (C=O) groups is 1. The van der Waals surface area contributed by atoms with Crippen LogP contribution in [0.3, 0.4) is 0 Å². The van der Waals surface area contributed by atoms with E-state index in [1.54, 1.807) is 30.3 Å². The molecule has 1 fully saturated rings. The molecule has 1 N–H and O–H groups in total. The summed E-state index contributed by atoms with van der Waals surface area (Å²) in [6.07, 6.45) is 2.08. The van der Waals surface area contributed by atoms with Gasteiger partial charge in [-0.1, -0.05) is 18.2 Å². The second-order valence-corrected chi connectivity index (χ2v) is 9.92. The van der Waals surface area contributed by atoms with E-state index >= 15 is 0 Å². The first-order chi connectivity index (χ1) is 18.6. The molecule has 2 aliphatic rings. The smallest absolute Gasteiger partial charge is 0.335 e. The minimum atomic E-state index is -0.939. The number of imidazole rings is 1. The van der Waals surface area contributed by atoms with Gasteiger partial charge in [-0.15, -0.1) is 0 Å². The second kappa shape index (κ2) is 10.3. The van der Waals surface area contributed by atoms with Gasteiger partial charge >= 0.3 is 5.97 Å². The molecule has 2 aliphatic heterocycles. The summed E-state index contributed by atoms with van der Waals surface area (Å²) in [5.41, 5.74) is 6.13. The maximum absolute atomic E-state index is 11.6. The highest BCUT2D eigenvalue weighted by molar-refractivity contribution is 5.92. The average molecular weight is 509 g/mol. The molecule has 1 saturated heterocycles. The van der Waals surface area contributed by atoms with Crippen LogP contribution in [0.2, 0.25) is 0 Å². The summed E-state index contributed by atoms with van der Waals surface area (Å²) in [5.74, 6) is 0.811. The first-order valence-corrected chi connectivity index (χ1v) is 12.9. The molecule has 8 nitrogen and oxygen atoms in total. The normalized spacial score (nSPS) is 17.0. The third-order valence-electron chi connectivity index (χ3n) is 7.38. The first kappa shape index (κ1) is 24.2. The van der Waals surface area contributed by atoms with Crippen LogP contribution in [0.15, 0.2) is 60.7 Å². The SMILES string of the molecule is N#Cc1ccc(COc2ccc3c(c2)CN(Cc2nc4ccc(C(=O)O)cc4n2C[C@@H]2CCO2)CC3)cc1. The van der Waals surface area contributed by atoms with Crippen molar-refractivity contribution in [2.24, 2.45) is 0 Å². The lowest BCUT2D eigenvalue weighted by atomic mass is 9.99. The predicted octanol–water partition coefficient (Wildman–Crippen LogP) is 4.53. The van der Waals surface area contributed by atoms with E-state index in [-0.39, 0.29) is 11.7 Å². The fourth-order valence-electron chi connectivity index (χ4n) is 5.12. The molecule has 0 radical (unpaired) electrons. The number of aromatic carboxylic acids is 1. The summed E-state index contributed by atoms with van der Waals surface area (Å²) in [5, 5.41) is 18.5. The quantitative estimate of drug-likeness (QED) is 0.373. The van der Waals surface area contributed by atoms with Crippen LogP contribution in [0.4, 0.5) is 0 Å². The van der Waals surface area contributed by atoms with E-state index in [0.29, 0.717) is 25.3 Å². The van der Waals surface area contributed by atoms with Gasteiger partial charge in [0.1, 0.15) is 18.2 Å². The molecule has 0 aliphatic carbocycles. The number of rotatable bonds is 8. The molecular formula is C30H28N4O4. The van der Waals surface area contributed by atoms with Crippen molar-refractivity contribution in [3.8, 4) is 11.8 Å². The van der Waals surface area contributed by atoms with Gasteiger partial charge in [-0.2, -0.15) is 5.26 Å². The molecule has 0 amide bonds. The zero-order chi connectivity index (χ0) is 26.1. The first-order valence-electron chi connectivity index (χ1n) is 12.9. The number of carboxylic acids is 1. The number of nitriles is 1. The van der Waals surface area contributed by atoms with Crippen molar-refractivity contribution in [3.05, 3.63) is 94.3 Å². The Morgan fingerprint density at radius 1 is 1.13 bits per heavy atom. The summed E-state index contributed by atoms with van der Waals surface area (Å²) in [6.45, 7) is 4.26. The fraction of sp³-hybridized carbons (Fsp3) is 0.300. The number of carboxylic acid groups (broad SMARTS) is 1. The van der Waals surface area contributed by atoms with Crippen molar-refractivity contribution in [3.63, 3.8) is 0 Å². The van der Waals surface area contributed by atoms with Gasteiger partial charge in [-0.05, 0) is 72.0 Å². The van der Waals surface area contributed by atoms with Gasteiger partial charge in [0.05, 0.1) is 47.4 Å². The summed E-state index contributed by atoms with van der Waals surface area (Å²) < 4.78 is 13.9. The van der Waals surface area contributed by atoms with Gasteiger partial charge in [-0.25, -0.2) is 9.78 Å². The van der Waals surface area contributed by atoms with Gasteiger partial charge in [0, 0.05) is 19.7 Å². The average Bonchev–Trinajstić information content (AvgIpc) is 3.25. The Morgan fingerprint density at radius 2 is 1.97 bits per heavy atom. The van der Waals surface area contributed by atoms with E-state index in [0.717, 1.165) is 60.7 Å². The molecule has 0 bridgehead atoms. The van der Waals surface area contributed by atoms with Crippen LogP contribution < -0.4 is 4.74 Å². The van der Waals surface area contributed by atoms with Gasteiger partial charge < -0.3 is 19.1 Å². The minimum Gasteiger partial charge on any atom is -0.489 e. The fourth-order valence-corrected chi connectivity index (χ4v) is 5.12. The molecule has 4 aromatic rings. The lowest BCUT2D eigenvalue weighted by Crippen LogP contribution is -2.34. The van der Waals surface area contributed by atoms with Crippen molar-refractivity contribution in [1.82, 2.24) is 14.5 Å². The lowest BCUT2D eigenvalue weighted by Gasteiger charge is -2.30. The molecule has 38 heavy (non-hydrogen) atoms. The largest absolute Gasteiger partial charge is 0.489 e. The Kier molecular flexibility index (Phi) is 6.54. The number of fused-ring (bicyclic) bond motifs is 2. The summed E-state index contributed by atoms with van der Waals surface area (Å²) in [7, 11) is 0. The van der Waals surface area contributed by atoms with Crippen molar-refractivity contribution in [2.45, 2.75) is 45.2 Å². The molecule has 1 atom stereocenters. The van der Waals surface area contributed by atoms with E-state index in [4.69, 9.17) is 19.7 Å². The number of ether oxygens (including phenoxy) is 2. The van der Waals surface area contributed by atoms with Crippen LogP contribution in [-0.2, 0) is 37.4 Å². The molecule has 0 saturated carbocycles. The lowest BCUT2D eigenvalue weighted by molar-refractivity contribution is -0.0592. The monoisotopic (exact) mass is 508 g/mol. The van der Waals surface area contributed by atoms with E-state index in [1.807, 2.05) is 18.2 Å². The zero-order valence-corrected chi connectivity index (χ0v) is 21.0. The highest BCUT2D eigenvalue weighted by atomic mass is 16.5. The summed E-state index contributed by atoms with van der Waals surface area (Å²) in [4.78, 5) is 18.9. The van der Waals surface area contributed by atoms with Gasteiger partial charge in [0.25, 0.3) is 0 Å². The van der Waals surface area contributed by atoms with Crippen LogP contribution in [-0.4, -0.2) is 44.8 Å². The Morgan fingerprint density at radius 3 is 2.71 bits per heavy atom. The molecular weight excluding hydrogens is 480 g/mol. The van der Waals surface area contributed by atoms with Crippen molar-refractivity contribution >= 4 is 17.0 Å². The molecule has 3 heterocycles. The van der Waals surface area contributed by atoms with Gasteiger partial charge in [-0.3, -0.25) is 4.90 Å². The van der Waals surface area contributed by atoms with Crippen LogP contribution in [0.25, 0.3) is 11.0 Å². The number of hydrogen-bond donors (Lipinski definition) is 1. The van der Waals surface area contributed by atoms with Gasteiger partial charge in [0.15, 0.2) is 0 Å². The number of hydrogen-bond acceptors (Lipinski definition) is 6. The zero-order valence-electron chi connectivity index (χ0n) is 21.0. The van der Waals surface area contributed by atoms with Crippen molar-refractivity contribution in [1.29, 1.82) is 5.26 Å². The van der Waals surface area contributed by atoms with E-state index in [9.17, 15) is 9.90 Å². The standard InChI is InChI=1S/C30H28N4O4/c31-15-20-1-3-21(4-2-20)19-38-25-7-5-22-9-11-33(16-24(22)13-25)18-29-32-27-8-6-23(30(35)36)14-28(27)34(29)17-26-10-12-37-26/h1-8,13-14,26H,9-12,16-19H2,(H,35,36)/t26-/m0/s1. The molecule has 0 unspecified atom stereocenters. The summed E-state index contributed by atoms with van der Waals surface area (Å²) in [6, 6.07) is 21.0. The molecule has 8 heteroatoms. The molecule has 6 rings (SSSR count). The predicted molar refractivity (Wildman–Crippen MR) is 141 cm³/mol. The van der Waals surface area contributed by atoms with Gasteiger partial charge in [0.2, 0.25) is 0 Å². The maximum atomic E-state index is 11.6. The minimum absolute atomic E-state index is 0.137. The van der Waals surface area contributed by atoms with Crippen LogP contribution >= 0.6 is 0 Å². The highest BCUT2D eigenvalue weighted by Crippen LogP contribution is 2.27. The third kappa shape index (κ3) is 4.99. The third-order valence-corrected chi connectivity index (χ3v) is 7.38. The Bertz CT molecular complexity index is 1530. The van der Waals surface area contributed by atoms with Crippen LogP contribution in [0.5, 0.6) is 5.75 Å². The second-order valence-electron chi connectivity index (χ2n) is 9.92. The van der Waals surface area contributed by atoms with Crippen LogP contribution in [0, 0.1) is 11.3 Å². The van der Waals surface area contributed by atoms with E-state index in [2.05, 4.69) is 27.7 Å². The molecule has 1 aromatic heterocycles. The topological polar surface area (TPSA) is 101 Å². The highest BCUT2D eigenvalue weighted by Gasteiger charge is 2.24. The molecule has 3 aromatic carbocycles. The number of benzene rings is 3. The Hall–Kier alpha value is -4.19. The number of nitrogens with zero attached hydrogens (tertiary/aromatic N) is 4. The van der Waals surface area contributed by atoms with Crippen LogP contribution in [0.1, 0.15) is 44.9 Å². The number of aromatic nitrogens is 2. The van der Waals surface area contributed by atoms with Crippen molar-refractivity contribution < 1.29 is 19.4 Å². The maximum Gasteiger partial charge on any atom is 0.335 e. The van der Waals surface area contributed by atoms with E-state index < -0.39 is 5.97 Å². The Labute approximate surface area is 220 Å². The van der Waals surface area contributed by atoms with E-state index in [1.165, 1.54) is 11.1 Å². The van der Waals surface area contributed by atoms with Crippen molar-refractivity contribution in [2.75, 3.05) is 13.2 Å². The summed E-state index contributed by atoms with van der Waals surface area (Å²) >= 11 is 0. The molecule has 192 valence electrons.